The molecule has 0 aliphatic rings. The summed E-state index contributed by atoms with van der Waals surface area (Å²) >= 11 is 0. The van der Waals surface area contributed by atoms with Crippen LogP contribution in [0.4, 0.5) is 0 Å². The smallest absolute Gasteiger partial charge is 0.254 e. The Kier molecular flexibility index (Phi) is 3.55. The van der Waals surface area contributed by atoms with Crippen LogP contribution in [0.3, 0.4) is 0 Å². The molecular formula is C14H17N3O. The highest BCUT2D eigenvalue weighted by atomic mass is 16.1. The van der Waals surface area contributed by atoms with Gasteiger partial charge in [0.25, 0.3) is 5.56 Å². The molecule has 18 heavy (non-hydrogen) atoms. The molecule has 0 aliphatic heterocycles. The van der Waals surface area contributed by atoms with E-state index in [9.17, 15) is 4.79 Å². The lowest BCUT2D eigenvalue weighted by Gasteiger charge is -2.09. The number of hydrogen-bond acceptors (Lipinski definition) is 3. The molecule has 2 heterocycles. The van der Waals surface area contributed by atoms with E-state index in [1.165, 1.54) is 0 Å². The first-order valence-corrected chi connectivity index (χ1v) is 6.14. The van der Waals surface area contributed by atoms with Crippen LogP contribution in [-0.4, -0.2) is 15.0 Å². The highest BCUT2D eigenvalue weighted by Gasteiger charge is 2.11. The van der Waals surface area contributed by atoms with Crippen LogP contribution in [-0.2, 0) is 6.42 Å². The molecule has 0 spiro atoms. The summed E-state index contributed by atoms with van der Waals surface area (Å²) in [6.07, 6.45) is 5.24. The molecule has 0 fully saturated rings. The lowest BCUT2D eigenvalue weighted by molar-refractivity contribution is 0.822. The molecule has 0 saturated heterocycles. The molecule has 2 rings (SSSR count). The largest absolute Gasteiger partial charge is 0.310 e. The van der Waals surface area contributed by atoms with E-state index in [4.69, 9.17) is 0 Å². The summed E-state index contributed by atoms with van der Waals surface area (Å²) in [7, 11) is 0. The minimum absolute atomic E-state index is 0.0632. The van der Waals surface area contributed by atoms with Crippen LogP contribution in [0.25, 0.3) is 11.3 Å². The van der Waals surface area contributed by atoms with E-state index in [0.717, 1.165) is 35.5 Å². The molecule has 0 aliphatic carbocycles. The second-order valence-corrected chi connectivity index (χ2v) is 4.43. The number of aromatic nitrogens is 3. The molecule has 4 nitrogen and oxygen atoms in total. The van der Waals surface area contributed by atoms with Crippen molar-refractivity contribution in [2.45, 2.75) is 33.6 Å². The van der Waals surface area contributed by atoms with Crippen LogP contribution >= 0.6 is 0 Å². The number of nitrogens with zero attached hydrogens (tertiary/aromatic N) is 2. The number of nitrogens with one attached hydrogen (secondary N) is 1. The summed E-state index contributed by atoms with van der Waals surface area (Å²) in [5.41, 5.74) is 3.33. The molecule has 0 aromatic carbocycles. The number of aromatic amines is 1. The third-order valence-electron chi connectivity index (χ3n) is 2.98. The average molecular weight is 243 g/mol. The highest BCUT2D eigenvalue weighted by Crippen LogP contribution is 2.21. The van der Waals surface area contributed by atoms with E-state index in [1.54, 1.807) is 19.3 Å². The van der Waals surface area contributed by atoms with Crippen molar-refractivity contribution in [3.63, 3.8) is 0 Å². The van der Waals surface area contributed by atoms with Crippen LogP contribution in [0, 0.1) is 13.8 Å². The summed E-state index contributed by atoms with van der Waals surface area (Å²) in [5, 5.41) is 0. The maximum Gasteiger partial charge on any atom is 0.254 e. The summed E-state index contributed by atoms with van der Waals surface area (Å²) in [4.78, 5) is 23.4. The molecule has 4 heteroatoms. The summed E-state index contributed by atoms with van der Waals surface area (Å²) in [6, 6.07) is 1.93. The predicted molar refractivity (Wildman–Crippen MR) is 71.6 cm³/mol. The summed E-state index contributed by atoms with van der Waals surface area (Å²) in [5.74, 6) is 0.742. The molecule has 94 valence electrons. The Labute approximate surface area is 106 Å². The van der Waals surface area contributed by atoms with Gasteiger partial charge >= 0.3 is 0 Å². The first kappa shape index (κ1) is 12.5. The van der Waals surface area contributed by atoms with Crippen molar-refractivity contribution < 1.29 is 0 Å². The first-order valence-electron chi connectivity index (χ1n) is 6.14. The van der Waals surface area contributed by atoms with Gasteiger partial charge in [-0.25, -0.2) is 4.98 Å². The van der Waals surface area contributed by atoms with Crippen molar-refractivity contribution in [1.82, 2.24) is 15.0 Å². The van der Waals surface area contributed by atoms with Crippen LogP contribution in [0.15, 0.2) is 23.3 Å². The zero-order chi connectivity index (χ0) is 13.1. The average Bonchev–Trinajstić information content (AvgIpc) is 2.35. The molecule has 0 radical (unpaired) electrons. The molecule has 2 aromatic rings. The van der Waals surface area contributed by atoms with Gasteiger partial charge in [-0.3, -0.25) is 9.78 Å². The van der Waals surface area contributed by atoms with Gasteiger partial charge in [0.1, 0.15) is 5.82 Å². The number of hydrogen-bond donors (Lipinski definition) is 1. The van der Waals surface area contributed by atoms with Gasteiger partial charge in [0.15, 0.2) is 0 Å². The third kappa shape index (κ3) is 2.32. The van der Waals surface area contributed by atoms with Crippen LogP contribution < -0.4 is 5.56 Å². The van der Waals surface area contributed by atoms with Crippen molar-refractivity contribution in [1.29, 1.82) is 0 Å². The molecule has 1 N–H and O–H groups in total. The minimum atomic E-state index is -0.0632. The van der Waals surface area contributed by atoms with E-state index in [0.29, 0.717) is 5.56 Å². The Bertz CT molecular complexity index is 617. The second-order valence-electron chi connectivity index (χ2n) is 4.43. The fourth-order valence-corrected chi connectivity index (χ4v) is 1.91. The maximum atomic E-state index is 11.9. The SMILES string of the molecule is CCCc1nc(-c2cnccc2C)c(C)c(=O)[nH]1. The number of H-pyrrole nitrogens is 1. The quantitative estimate of drug-likeness (QED) is 0.900. The molecule has 0 amide bonds. The van der Waals surface area contributed by atoms with Crippen LogP contribution in [0.5, 0.6) is 0 Å². The molecule has 0 unspecified atom stereocenters. The van der Waals surface area contributed by atoms with Crippen molar-refractivity contribution in [2.24, 2.45) is 0 Å². The lowest BCUT2D eigenvalue weighted by atomic mass is 10.1. The number of pyridine rings is 1. The Morgan fingerprint density at radius 2 is 2.11 bits per heavy atom. The van der Waals surface area contributed by atoms with E-state index in [-0.39, 0.29) is 5.56 Å². The molecule has 0 bridgehead atoms. The first-order chi connectivity index (χ1) is 8.63. The van der Waals surface area contributed by atoms with Gasteiger partial charge < -0.3 is 4.98 Å². The van der Waals surface area contributed by atoms with E-state index in [1.807, 2.05) is 13.0 Å². The Balaban J connectivity index is 2.63. The minimum Gasteiger partial charge on any atom is -0.310 e. The fraction of sp³-hybridized carbons (Fsp3) is 0.357. The van der Waals surface area contributed by atoms with E-state index >= 15 is 0 Å². The molecule has 2 aromatic heterocycles. The van der Waals surface area contributed by atoms with Gasteiger partial charge in [0, 0.05) is 29.9 Å². The summed E-state index contributed by atoms with van der Waals surface area (Å²) in [6.45, 7) is 5.86. The van der Waals surface area contributed by atoms with E-state index in [2.05, 4.69) is 21.9 Å². The Hall–Kier alpha value is -1.97. The van der Waals surface area contributed by atoms with Gasteiger partial charge in [-0.05, 0) is 31.9 Å². The Morgan fingerprint density at radius 3 is 2.78 bits per heavy atom. The monoisotopic (exact) mass is 243 g/mol. The van der Waals surface area contributed by atoms with Crippen molar-refractivity contribution in [3.05, 3.63) is 45.8 Å². The standard InChI is InChI=1S/C14H17N3O/c1-4-5-12-16-13(10(3)14(18)17-12)11-8-15-7-6-9(11)2/h6-8H,4-5H2,1-3H3,(H,16,17,18). The van der Waals surface area contributed by atoms with Gasteiger partial charge in [-0.1, -0.05) is 6.92 Å². The molecular weight excluding hydrogens is 226 g/mol. The zero-order valence-electron chi connectivity index (χ0n) is 10.9. The van der Waals surface area contributed by atoms with Crippen LogP contribution in [0.2, 0.25) is 0 Å². The van der Waals surface area contributed by atoms with Crippen molar-refractivity contribution in [3.8, 4) is 11.3 Å². The third-order valence-corrected chi connectivity index (χ3v) is 2.98. The van der Waals surface area contributed by atoms with Gasteiger partial charge in [-0.2, -0.15) is 0 Å². The van der Waals surface area contributed by atoms with Crippen molar-refractivity contribution >= 4 is 0 Å². The van der Waals surface area contributed by atoms with Crippen molar-refractivity contribution in [2.75, 3.05) is 0 Å². The Morgan fingerprint density at radius 1 is 1.33 bits per heavy atom. The fourth-order valence-electron chi connectivity index (χ4n) is 1.91. The van der Waals surface area contributed by atoms with Gasteiger partial charge in [0.2, 0.25) is 0 Å². The number of rotatable bonds is 3. The summed E-state index contributed by atoms with van der Waals surface area (Å²) < 4.78 is 0. The van der Waals surface area contributed by atoms with Crippen LogP contribution in [0.1, 0.15) is 30.3 Å². The maximum absolute atomic E-state index is 11.9. The second kappa shape index (κ2) is 5.12. The topological polar surface area (TPSA) is 58.6 Å². The van der Waals surface area contributed by atoms with E-state index < -0.39 is 0 Å². The lowest BCUT2D eigenvalue weighted by Crippen LogP contribution is -2.16. The van der Waals surface area contributed by atoms with Gasteiger partial charge in [0.05, 0.1) is 5.69 Å². The normalized spacial score (nSPS) is 10.6. The predicted octanol–water partition coefficient (Wildman–Crippen LogP) is 2.40. The zero-order valence-corrected chi connectivity index (χ0v) is 10.9. The van der Waals surface area contributed by atoms with Gasteiger partial charge in [-0.15, -0.1) is 0 Å². The molecule has 0 atom stereocenters. The highest BCUT2D eigenvalue weighted by molar-refractivity contribution is 5.64. The number of aryl methyl sites for hydroxylation is 2. The molecule has 0 saturated carbocycles.